The molecular weight excluding hydrogens is 385 g/mol. The number of carbonyl (C=O) groups is 1. The number of hydrogen-bond donors (Lipinski definition) is 1. The predicted octanol–water partition coefficient (Wildman–Crippen LogP) is 4.65. The van der Waals surface area contributed by atoms with E-state index in [9.17, 15) is 4.79 Å². The maximum atomic E-state index is 12.5. The lowest BCUT2D eigenvalue weighted by Gasteiger charge is -2.31. The Morgan fingerprint density at radius 3 is 2.74 bits per heavy atom. The standard InChI is InChI=1S/C20H19Cl2N3O2/c21-14-5-6-15(22)18(11-14)27-12-19(26)25-9-7-13(8-10-25)20-23-16-3-1-2-4-17(16)24-20/h1-6,11,13H,7-10,12H2,(H,23,24). The van der Waals surface area contributed by atoms with Crippen molar-refractivity contribution >= 4 is 40.1 Å². The third kappa shape index (κ3) is 4.04. The molecule has 2 aromatic carbocycles. The van der Waals surface area contributed by atoms with Crippen LogP contribution in [0, 0.1) is 0 Å². The van der Waals surface area contributed by atoms with Gasteiger partial charge in [-0.1, -0.05) is 35.3 Å². The molecule has 1 aliphatic rings. The minimum absolute atomic E-state index is 0.0463. The van der Waals surface area contributed by atoms with E-state index in [-0.39, 0.29) is 12.5 Å². The van der Waals surface area contributed by atoms with Gasteiger partial charge in [-0.25, -0.2) is 4.98 Å². The maximum Gasteiger partial charge on any atom is 0.260 e. The van der Waals surface area contributed by atoms with Crippen LogP contribution in [0.15, 0.2) is 42.5 Å². The monoisotopic (exact) mass is 403 g/mol. The number of nitrogens with zero attached hydrogens (tertiary/aromatic N) is 2. The number of rotatable bonds is 4. The summed E-state index contributed by atoms with van der Waals surface area (Å²) in [7, 11) is 0. The number of para-hydroxylation sites is 2. The molecule has 7 heteroatoms. The molecule has 3 aromatic rings. The van der Waals surface area contributed by atoms with Crippen molar-refractivity contribution in [2.24, 2.45) is 0 Å². The number of nitrogens with one attached hydrogen (secondary N) is 1. The van der Waals surface area contributed by atoms with Gasteiger partial charge in [0.2, 0.25) is 0 Å². The molecule has 0 aliphatic carbocycles. The molecule has 0 bridgehead atoms. The van der Waals surface area contributed by atoms with Gasteiger partial charge in [-0.3, -0.25) is 4.79 Å². The summed E-state index contributed by atoms with van der Waals surface area (Å²) in [4.78, 5) is 22.4. The number of amides is 1. The SMILES string of the molecule is O=C(COc1cc(Cl)ccc1Cl)N1CCC(c2nc3ccccc3[nH]2)CC1. The van der Waals surface area contributed by atoms with Crippen LogP contribution in [-0.2, 0) is 4.79 Å². The zero-order chi connectivity index (χ0) is 18.8. The number of aromatic amines is 1. The van der Waals surface area contributed by atoms with Crippen molar-refractivity contribution < 1.29 is 9.53 Å². The summed E-state index contributed by atoms with van der Waals surface area (Å²) < 4.78 is 5.56. The molecule has 1 N–H and O–H groups in total. The normalized spacial score (nSPS) is 15.3. The fraction of sp³-hybridized carbons (Fsp3) is 0.300. The topological polar surface area (TPSA) is 58.2 Å². The Morgan fingerprint density at radius 2 is 1.96 bits per heavy atom. The van der Waals surface area contributed by atoms with Crippen LogP contribution in [-0.4, -0.2) is 40.5 Å². The third-order valence-electron chi connectivity index (χ3n) is 4.89. The Balaban J connectivity index is 1.33. The lowest BCUT2D eigenvalue weighted by molar-refractivity contribution is -0.134. The molecule has 27 heavy (non-hydrogen) atoms. The van der Waals surface area contributed by atoms with E-state index in [0.717, 1.165) is 29.7 Å². The summed E-state index contributed by atoms with van der Waals surface area (Å²) in [5, 5.41) is 0.962. The van der Waals surface area contributed by atoms with E-state index >= 15 is 0 Å². The van der Waals surface area contributed by atoms with Gasteiger partial charge in [0.05, 0.1) is 16.1 Å². The van der Waals surface area contributed by atoms with Crippen molar-refractivity contribution in [1.82, 2.24) is 14.9 Å². The molecule has 0 unspecified atom stereocenters. The van der Waals surface area contributed by atoms with Crippen LogP contribution in [0.4, 0.5) is 0 Å². The molecule has 2 heterocycles. The average molecular weight is 404 g/mol. The van der Waals surface area contributed by atoms with E-state index in [2.05, 4.69) is 9.97 Å². The average Bonchev–Trinajstić information content (AvgIpc) is 3.13. The van der Waals surface area contributed by atoms with Gasteiger partial charge in [-0.15, -0.1) is 0 Å². The van der Waals surface area contributed by atoms with Crippen molar-refractivity contribution in [2.75, 3.05) is 19.7 Å². The maximum absolute atomic E-state index is 12.5. The van der Waals surface area contributed by atoms with Gasteiger partial charge >= 0.3 is 0 Å². The predicted molar refractivity (Wildman–Crippen MR) is 107 cm³/mol. The van der Waals surface area contributed by atoms with Crippen LogP contribution < -0.4 is 4.74 Å². The van der Waals surface area contributed by atoms with Gasteiger partial charge in [-0.05, 0) is 37.1 Å². The number of H-pyrrole nitrogens is 1. The fourth-order valence-corrected chi connectivity index (χ4v) is 3.72. The second-order valence-electron chi connectivity index (χ2n) is 6.66. The molecule has 1 amide bonds. The molecule has 0 saturated carbocycles. The number of hydrogen-bond acceptors (Lipinski definition) is 3. The van der Waals surface area contributed by atoms with Gasteiger partial charge in [-0.2, -0.15) is 0 Å². The van der Waals surface area contributed by atoms with E-state index in [1.807, 2.05) is 29.2 Å². The minimum atomic E-state index is -0.0471. The summed E-state index contributed by atoms with van der Waals surface area (Å²) in [6.45, 7) is 1.33. The van der Waals surface area contributed by atoms with E-state index < -0.39 is 0 Å². The summed E-state index contributed by atoms with van der Waals surface area (Å²) in [6.07, 6.45) is 1.76. The molecule has 0 atom stereocenters. The highest BCUT2D eigenvalue weighted by atomic mass is 35.5. The molecule has 1 saturated heterocycles. The highest BCUT2D eigenvalue weighted by Crippen LogP contribution is 2.29. The van der Waals surface area contributed by atoms with Crippen LogP contribution >= 0.6 is 23.2 Å². The van der Waals surface area contributed by atoms with Crippen LogP contribution in [0.1, 0.15) is 24.6 Å². The van der Waals surface area contributed by atoms with Crippen LogP contribution in [0.25, 0.3) is 11.0 Å². The zero-order valence-corrected chi connectivity index (χ0v) is 16.1. The van der Waals surface area contributed by atoms with E-state index in [1.54, 1.807) is 18.2 Å². The minimum Gasteiger partial charge on any atom is -0.482 e. The number of halogens is 2. The summed E-state index contributed by atoms with van der Waals surface area (Å²) in [5.74, 6) is 1.72. The number of ether oxygens (including phenoxy) is 1. The number of fused-ring (bicyclic) bond motifs is 1. The number of carbonyl (C=O) groups excluding carboxylic acids is 1. The molecule has 0 spiro atoms. The Labute approximate surface area is 167 Å². The Hall–Kier alpha value is -2.24. The van der Waals surface area contributed by atoms with Crippen LogP contribution in [0.5, 0.6) is 5.75 Å². The largest absolute Gasteiger partial charge is 0.482 e. The van der Waals surface area contributed by atoms with Crippen LogP contribution in [0.3, 0.4) is 0 Å². The molecule has 5 nitrogen and oxygen atoms in total. The molecule has 0 radical (unpaired) electrons. The zero-order valence-electron chi connectivity index (χ0n) is 14.6. The van der Waals surface area contributed by atoms with Crippen molar-refractivity contribution in [3.63, 3.8) is 0 Å². The molecule has 140 valence electrons. The number of benzene rings is 2. The van der Waals surface area contributed by atoms with Crippen molar-refractivity contribution in [2.45, 2.75) is 18.8 Å². The Morgan fingerprint density at radius 1 is 1.19 bits per heavy atom. The molecule has 1 fully saturated rings. The van der Waals surface area contributed by atoms with Gasteiger partial charge in [0, 0.05) is 30.1 Å². The first-order valence-corrected chi connectivity index (χ1v) is 9.66. The Bertz CT molecular complexity index is 932. The van der Waals surface area contributed by atoms with Crippen molar-refractivity contribution in [1.29, 1.82) is 0 Å². The lowest BCUT2D eigenvalue weighted by atomic mass is 9.96. The smallest absolute Gasteiger partial charge is 0.260 e. The molecule has 1 aliphatic heterocycles. The fourth-order valence-electron chi connectivity index (χ4n) is 3.39. The van der Waals surface area contributed by atoms with E-state index in [0.29, 0.717) is 34.8 Å². The number of piperidine rings is 1. The summed E-state index contributed by atoms with van der Waals surface area (Å²) >= 11 is 12.0. The third-order valence-corrected chi connectivity index (χ3v) is 5.43. The van der Waals surface area contributed by atoms with Gasteiger partial charge in [0.1, 0.15) is 11.6 Å². The first kappa shape index (κ1) is 18.1. The van der Waals surface area contributed by atoms with Gasteiger partial charge in [0.25, 0.3) is 5.91 Å². The van der Waals surface area contributed by atoms with Gasteiger partial charge < -0.3 is 14.6 Å². The quantitative estimate of drug-likeness (QED) is 0.689. The highest BCUT2D eigenvalue weighted by Gasteiger charge is 2.26. The second kappa shape index (κ2) is 7.79. The van der Waals surface area contributed by atoms with E-state index in [4.69, 9.17) is 27.9 Å². The van der Waals surface area contributed by atoms with Gasteiger partial charge in [0.15, 0.2) is 6.61 Å². The molecule has 1 aromatic heterocycles. The highest BCUT2D eigenvalue weighted by molar-refractivity contribution is 6.34. The van der Waals surface area contributed by atoms with Crippen LogP contribution in [0.2, 0.25) is 10.0 Å². The number of likely N-dealkylation sites (tertiary alicyclic amines) is 1. The summed E-state index contributed by atoms with van der Waals surface area (Å²) in [5.41, 5.74) is 2.04. The summed E-state index contributed by atoms with van der Waals surface area (Å²) in [6, 6.07) is 13.0. The van der Waals surface area contributed by atoms with Crippen molar-refractivity contribution in [3.05, 3.63) is 58.3 Å². The number of aromatic nitrogens is 2. The van der Waals surface area contributed by atoms with E-state index in [1.165, 1.54) is 0 Å². The van der Waals surface area contributed by atoms with Crippen molar-refractivity contribution in [3.8, 4) is 5.75 Å². The first-order chi connectivity index (χ1) is 13.1. The molecular formula is C20H19Cl2N3O2. The first-order valence-electron chi connectivity index (χ1n) is 8.90. The lowest BCUT2D eigenvalue weighted by Crippen LogP contribution is -2.40. The molecule has 4 rings (SSSR count). The second-order valence-corrected chi connectivity index (χ2v) is 7.50. The Kier molecular flexibility index (Phi) is 5.23. The number of imidazole rings is 1.